The van der Waals surface area contributed by atoms with Crippen molar-refractivity contribution in [2.75, 3.05) is 0 Å². The minimum absolute atomic E-state index is 0.178. The average Bonchev–Trinajstić information content (AvgIpc) is 2.86. The molecule has 0 radical (unpaired) electrons. The molecule has 2 rings (SSSR count). The summed E-state index contributed by atoms with van der Waals surface area (Å²) in [5.41, 5.74) is 2.51. The first-order valence-electron chi connectivity index (χ1n) is 5.07. The van der Waals surface area contributed by atoms with E-state index in [9.17, 15) is 4.79 Å². The van der Waals surface area contributed by atoms with Gasteiger partial charge < -0.3 is 0 Å². The number of carbonyl (C=O) groups excluding carboxylic acids is 1. The van der Waals surface area contributed by atoms with Crippen molar-refractivity contribution in [3.8, 4) is 0 Å². The number of hydrogen-bond donors (Lipinski definition) is 1. The Balaban J connectivity index is 1.87. The van der Waals surface area contributed by atoms with Crippen LogP contribution in [0.1, 0.15) is 35.4 Å². The van der Waals surface area contributed by atoms with Gasteiger partial charge >= 0.3 is 0 Å². The second-order valence-electron chi connectivity index (χ2n) is 3.69. The highest BCUT2D eigenvalue weighted by Crippen LogP contribution is 2.32. The van der Waals surface area contributed by atoms with Crippen LogP contribution in [0.25, 0.3) is 0 Å². The van der Waals surface area contributed by atoms with E-state index in [2.05, 4.69) is 37.3 Å². The Hall–Kier alpha value is 0.0900. The second kappa shape index (κ2) is 5.62. The van der Waals surface area contributed by atoms with Gasteiger partial charge in [-0.15, -0.1) is 11.3 Å². The van der Waals surface area contributed by atoms with Crippen LogP contribution in [0.2, 0.25) is 0 Å². The first-order valence-corrected chi connectivity index (χ1v) is 7.48. The number of nitrogens with one attached hydrogen (secondary N) is 1. The minimum atomic E-state index is -0.178. The van der Waals surface area contributed by atoms with E-state index in [1.54, 1.807) is 6.07 Å². The van der Waals surface area contributed by atoms with Gasteiger partial charge in [-0.3, -0.25) is 9.63 Å². The smallest absolute Gasteiger partial charge is 0.270 e. The molecule has 0 spiro atoms. The summed E-state index contributed by atoms with van der Waals surface area (Å²) in [6, 6.07) is 1.78. The van der Waals surface area contributed by atoms with Gasteiger partial charge in [-0.1, -0.05) is 12.8 Å². The molecule has 16 heavy (non-hydrogen) atoms. The third-order valence-electron chi connectivity index (χ3n) is 2.49. The highest BCUT2D eigenvalue weighted by atomic mass is 79.9. The maximum absolute atomic E-state index is 11.7. The number of rotatable bonds is 3. The Labute approximate surface area is 115 Å². The zero-order chi connectivity index (χ0) is 11.5. The van der Waals surface area contributed by atoms with Crippen LogP contribution in [-0.4, -0.2) is 12.0 Å². The Morgan fingerprint density at radius 1 is 1.44 bits per heavy atom. The van der Waals surface area contributed by atoms with Gasteiger partial charge in [0.05, 0.1) is 14.8 Å². The van der Waals surface area contributed by atoms with Gasteiger partial charge in [0.2, 0.25) is 0 Å². The fourth-order valence-corrected chi connectivity index (χ4v) is 3.57. The fraction of sp³-hybridized carbons (Fsp3) is 0.500. The van der Waals surface area contributed by atoms with Gasteiger partial charge in [-0.05, 0) is 50.8 Å². The SMILES string of the molecule is O=C(NOC1CCCC1)c1cc(Br)c(Br)s1. The van der Waals surface area contributed by atoms with E-state index in [-0.39, 0.29) is 12.0 Å². The Morgan fingerprint density at radius 3 is 2.69 bits per heavy atom. The summed E-state index contributed by atoms with van der Waals surface area (Å²) >= 11 is 8.08. The number of amides is 1. The van der Waals surface area contributed by atoms with Gasteiger partial charge in [0.1, 0.15) is 0 Å². The van der Waals surface area contributed by atoms with Crippen molar-refractivity contribution >= 4 is 49.1 Å². The van der Waals surface area contributed by atoms with Crippen LogP contribution in [0.5, 0.6) is 0 Å². The van der Waals surface area contributed by atoms with E-state index in [0.717, 1.165) is 21.1 Å². The standard InChI is InChI=1S/C10H11Br2NO2S/c11-7-5-8(16-9(7)12)10(14)13-15-6-3-1-2-4-6/h5-6H,1-4H2,(H,13,14). The van der Waals surface area contributed by atoms with Gasteiger partial charge in [-0.25, -0.2) is 5.48 Å². The molecule has 1 aliphatic rings. The van der Waals surface area contributed by atoms with E-state index in [1.807, 2.05) is 0 Å². The van der Waals surface area contributed by atoms with Gasteiger partial charge in [0.15, 0.2) is 0 Å². The molecule has 1 saturated carbocycles. The summed E-state index contributed by atoms with van der Waals surface area (Å²) in [7, 11) is 0. The highest BCUT2D eigenvalue weighted by Gasteiger charge is 2.18. The van der Waals surface area contributed by atoms with Crippen molar-refractivity contribution in [1.29, 1.82) is 0 Å². The lowest BCUT2D eigenvalue weighted by Crippen LogP contribution is -2.27. The highest BCUT2D eigenvalue weighted by molar-refractivity contribution is 9.13. The van der Waals surface area contributed by atoms with E-state index in [1.165, 1.54) is 24.2 Å². The van der Waals surface area contributed by atoms with E-state index < -0.39 is 0 Å². The molecule has 1 aromatic rings. The molecule has 1 N–H and O–H groups in total. The number of halogens is 2. The lowest BCUT2D eigenvalue weighted by Gasteiger charge is -2.10. The molecule has 0 atom stereocenters. The largest absolute Gasteiger partial charge is 0.284 e. The predicted molar refractivity (Wildman–Crippen MR) is 70.5 cm³/mol. The van der Waals surface area contributed by atoms with Crippen molar-refractivity contribution < 1.29 is 9.63 Å². The summed E-state index contributed by atoms with van der Waals surface area (Å²) < 4.78 is 1.81. The molecular weight excluding hydrogens is 358 g/mol. The first kappa shape index (κ1) is 12.5. The average molecular weight is 369 g/mol. The number of hydrogen-bond acceptors (Lipinski definition) is 3. The third kappa shape index (κ3) is 3.06. The molecule has 1 fully saturated rings. The van der Waals surface area contributed by atoms with E-state index >= 15 is 0 Å². The molecule has 0 aliphatic heterocycles. The van der Waals surface area contributed by atoms with Crippen LogP contribution in [-0.2, 0) is 4.84 Å². The van der Waals surface area contributed by atoms with Crippen LogP contribution in [0.3, 0.4) is 0 Å². The first-order chi connectivity index (χ1) is 7.66. The van der Waals surface area contributed by atoms with Crippen molar-refractivity contribution in [2.45, 2.75) is 31.8 Å². The topological polar surface area (TPSA) is 38.3 Å². The summed E-state index contributed by atoms with van der Waals surface area (Å²) in [6.45, 7) is 0. The number of thiophene rings is 1. The normalized spacial score (nSPS) is 16.6. The molecule has 0 bridgehead atoms. The van der Waals surface area contributed by atoms with Crippen LogP contribution in [0.4, 0.5) is 0 Å². The maximum Gasteiger partial charge on any atom is 0.284 e. The molecule has 0 unspecified atom stereocenters. The van der Waals surface area contributed by atoms with Crippen molar-refractivity contribution in [1.82, 2.24) is 5.48 Å². The van der Waals surface area contributed by atoms with Crippen molar-refractivity contribution in [2.24, 2.45) is 0 Å². The zero-order valence-electron chi connectivity index (χ0n) is 8.46. The molecular formula is C10H11Br2NO2S. The maximum atomic E-state index is 11.7. The molecule has 1 aliphatic carbocycles. The fourth-order valence-electron chi connectivity index (χ4n) is 1.65. The Morgan fingerprint density at radius 2 is 2.12 bits per heavy atom. The van der Waals surface area contributed by atoms with Crippen LogP contribution < -0.4 is 5.48 Å². The second-order valence-corrected chi connectivity index (χ2v) is 6.91. The minimum Gasteiger partial charge on any atom is -0.270 e. The molecule has 0 saturated heterocycles. The van der Waals surface area contributed by atoms with Gasteiger partial charge in [0.25, 0.3) is 5.91 Å². The van der Waals surface area contributed by atoms with Crippen molar-refractivity contribution in [3.05, 3.63) is 19.2 Å². The zero-order valence-corrected chi connectivity index (χ0v) is 12.5. The summed E-state index contributed by atoms with van der Waals surface area (Å²) in [4.78, 5) is 17.7. The molecule has 88 valence electrons. The summed E-state index contributed by atoms with van der Waals surface area (Å²) in [5, 5.41) is 0. The van der Waals surface area contributed by atoms with E-state index in [4.69, 9.17) is 4.84 Å². The van der Waals surface area contributed by atoms with Crippen LogP contribution in [0.15, 0.2) is 14.3 Å². The molecule has 0 aromatic carbocycles. The van der Waals surface area contributed by atoms with Gasteiger partial charge in [-0.2, -0.15) is 0 Å². The molecule has 3 nitrogen and oxygen atoms in total. The Bertz CT molecular complexity index is 369. The lowest BCUT2D eigenvalue weighted by molar-refractivity contribution is -0.0122. The molecule has 6 heteroatoms. The molecule has 1 heterocycles. The summed E-state index contributed by atoms with van der Waals surface area (Å²) in [5.74, 6) is -0.178. The predicted octanol–water partition coefficient (Wildman–Crippen LogP) is 3.88. The quantitative estimate of drug-likeness (QED) is 0.822. The lowest BCUT2D eigenvalue weighted by atomic mass is 10.3. The molecule has 1 aromatic heterocycles. The third-order valence-corrected chi connectivity index (χ3v) is 5.74. The van der Waals surface area contributed by atoms with Gasteiger partial charge in [0, 0.05) is 4.47 Å². The number of carbonyl (C=O) groups is 1. The monoisotopic (exact) mass is 367 g/mol. The molecule has 1 amide bonds. The van der Waals surface area contributed by atoms with E-state index in [0.29, 0.717) is 4.88 Å². The van der Waals surface area contributed by atoms with Crippen molar-refractivity contribution in [3.63, 3.8) is 0 Å². The Kier molecular flexibility index (Phi) is 4.41. The van der Waals surface area contributed by atoms with Crippen LogP contribution in [0, 0.1) is 0 Å². The van der Waals surface area contributed by atoms with Crippen LogP contribution >= 0.6 is 43.2 Å². The summed E-state index contributed by atoms with van der Waals surface area (Å²) in [6.07, 6.45) is 4.65. The number of hydroxylamine groups is 1.